The van der Waals surface area contributed by atoms with Gasteiger partial charge in [-0.3, -0.25) is 9.69 Å². The van der Waals surface area contributed by atoms with Gasteiger partial charge in [0.05, 0.1) is 0 Å². The largest absolute Gasteiger partial charge is 0.278 e. The van der Waals surface area contributed by atoms with Gasteiger partial charge in [0, 0.05) is 28.5 Å². The van der Waals surface area contributed by atoms with Crippen molar-refractivity contribution in [2.75, 3.05) is 11.4 Å². The fourth-order valence-electron chi connectivity index (χ4n) is 1.82. The summed E-state index contributed by atoms with van der Waals surface area (Å²) in [7, 11) is 0. The number of fused-ring (bicyclic) bond motifs is 1. The Balaban J connectivity index is 2.03. The van der Waals surface area contributed by atoms with Gasteiger partial charge in [-0.05, 0) is 12.1 Å². The van der Waals surface area contributed by atoms with Gasteiger partial charge in [0.25, 0.3) is 5.95 Å². The number of anilines is 1. The lowest BCUT2D eigenvalue weighted by atomic mass is 10.4. The first kappa shape index (κ1) is 11.2. The van der Waals surface area contributed by atoms with Crippen molar-refractivity contribution < 1.29 is 4.79 Å². The van der Waals surface area contributed by atoms with Crippen LogP contribution in [0.5, 0.6) is 0 Å². The molecule has 0 saturated carbocycles. The molecule has 0 aliphatic carbocycles. The molecule has 1 fully saturated rings. The van der Waals surface area contributed by atoms with Gasteiger partial charge in [-0.1, -0.05) is 31.9 Å². The first-order chi connectivity index (χ1) is 8.13. The molecule has 2 aromatic heterocycles. The van der Waals surface area contributed by atoms with E-state index in [2.05, 4.69) is 41.9 Å². The summed E-state index contributed by atoms with van der Waals surface area (Å²) in [5.41, 5.74) is 0.722. The first-order valence-corrected chi connectivity index (χ1v) is 6.81. The van der Waals surface area contributed by atoms with Gasteiger partial charge in [0.15, 0.2) is 5.65 Å². The molecule has 1 saturated heterocycles. The molecule has 0 spiro atoms. The van der Waals surface area contributed by atoms with E-state index < -0.39 is 0 Å². The highest BCUT2D eigenvalue weighted by Crippen LogP contribution is 2.23. The van der Waals surface area contributed by atoms with Crippen LogP contribution in [0.3, 0.4) is 0 Å². The molecule has 0 aromatic carbocycles. The lowest BCUT2D eigenvalue weighted by Crippen LogP contribution is -2.25. The van der Waals surface area contributed by atoms with Crippen molar-refractivity contribution in [3.8, 4) is 0 Å². The number of rotatable bonds is 1. The van der Waals surface area contributed by atoms with Gasteiger partial charge in [-0.2, -0.15) is 4.98 Å². The molecule has 17 heavy (non-hydrogen) atoms. The minimum atomic E-state index is 0.0573. The Morgan fingerprint density at radius 3 is 3.00 bits per heavy atom. The Kier molecular flexibility index (Phi) is 2.67. The Labute approximate surface area is 114 Å². The molecule has 3 heterocycles. The van der Waals surface area contributed by atoms with Crippen LogP contribution < -0.4 is 4.90 Å². The molecular weight excluding hydrogens is 352 g/mol. The van der Waals surface area contributed by atoms with Crippen molar-refractivity contribution in [1.82, 2.24) is 14.6 Å². The molecule has 5 nitrogen and oxygen atoms in total. The van der Waals surface area contributed by atoms with Crippen molar-refractivity contribution in [3.05, 3.63) is 22.8 Å². The lowest BCUT2D eigenvalue weighted by Gasteiger charge is -2.09. The van der Waals surface area contributed by atoms with Crippen LogP contribution >= 0.6 is 31.9 Å². The molecule has 0 radical (unpaired) electrons. The second-order valence-electron chi connectivity index (χ2n) is 3.87. The van der Waals surface area contributed by atoms with Crippen molar-refractivity contribution in [2.24, 2.45) is 0 Å². The quantitative estimate of drug-likeness (QED) is 0.731. The monoisotopic (exact) mass is 358 g/mol. The number of carbonyl (C=O) groups excluding carboxylic acids is 1. The summed E-state index contributed by atoms with van der Waals surface area (Å²) in [6.07, 6.45) is 2.31. The van der Waals surface area contributed by atoms with Gasteiger partial charge < -0.3 is 0 Å². The maximum absolute atomic E-state index is 11.7. The number of hydrogen-bond donors (Lipinski definition) is 0. The predicted molar refractivity (Wildman–Crippen MR) is 70.4 cm³/mol. The summed E-state index contributed by atoms with van der Waals surface area (Å²) in [4.78, 5) is 17.9. The van der Waals surface area contributed by atoms with E-state index in [1.54, 1.807) is 9.42 Å². The van der Waals surface area contributed by atoms with Crippen LogP contribution in [0.2, 0.25) is 0 Å². The van der Waals surface area contributed by atoms with Crippen molar-refractivity contribution in [2.45, 2.75) is 11.2 Å². The Morgan fingerprint density at radius 2 is 2.29 bits per heavy atom. The van der Waals surface area contributed by atoms with E-state index in [0.29, 0.717) is 18.9 Å². The van der Waals surface area contributed by atoms with Crippen molar-refractivity contribution in [1.29, 1.82) is 0 Å². The maximum Gasteiger partial charge on any atom is 0.252 e. The van der Waals surface area contributed by atoms with E-state index in [-0.39, 0.29) is 10.7 Å². The number of aromatic nitrogens is 3. The predicted octanol–water partition coefficient (Wildman–Crippen LogP) is 1.99. The Morgan fingerprint density at radius 1 is 1.47 bits per heavy atom. The van der Waals surface area contributed by atoms with Crippen LogP contribution in [-0.4, -0.2) is 31.9 Å². The molecule has 1 aliphatic rings. The summed E-state index contributed by atoms with van der Waals surface area (Å²) in [5, 5.41) is 4.29. The number of amides is 1. The van der Waals surface area contributed by atoms with Gasteiger partial charge in [0.1, 0.15) is 0 Å². The Hall–Kier alpha value is -0.950. The molecule has 2 aromatic rings. The number of carbonyl (C=O) groups is 1. The van der Waals surface area contributed by atoms with E-state index >= 15 is 0 Å². The zero-order valence-electron chi connectivity index (χ0n) is 8.68. The fourth-order valence-corrected chi connectivity index (χ4v) is 2.71. The van der Waals surface area contributed by atoms with E-state index in [4.69, 9.17) is 0 Å². The van der Waals surface area contributed by atoms with Gasteiger partial charge in [-0.25, -0.2) is 4.52 Å². The molecule has 1 unspecified atom stereocenters. The van der Waals surface area contributed by atoms with E-state index in [9.17, 15) is 4.79 Å². The smallest absolute Gasteiger partial charge is 0.252 e. The minimum Gasteiger partial charge on any atom is -0.278 e. The summed E-state index contributed by atoms with van der Waals surface area (Å²) in [6.45, 7) is 0.622. The third kappa shape index (κ3) is 1.97. The second-order valence-corrected chi connectivity index (χ2v) is 6.08. The molecule has 1 aliphatic heterocycles. The van der Waals surface area contributed by atoms with Crippen LogP contribution in [0.15, 0.2) is 22.8 Å². The number of alkyl halides is 1. The number of halogens is 2. The van der Waals surface area contributed by atoms with Crippen LogP contribution in [0.1, 0.15) is 6.42 Å². The van der Waals surface area contributed by atoms with E-state index in [0.717, 1.165) is 10.1 Å². The van der Waals surface area contributed by atoms with Crippen LogP contribution in [-0.2, 0) is 4.79 Å². The van der Waals surface area contributed by atoms with E-state index in [1.165, 1.54) is 0 Å². The third-order valence-corrected chi connectivity index (χ3v) is 3.71. The lowest BCUT2D eigenvalue weighted by molar-refractivity contribution is -0.117. The molecule has 1 atom stereocenters. The molecule has 88 valence electrons. The summed E-state index contributed by atoms with van der Waals surface area (Å²) in [5.74, 6) is 0.525. The highest BCUT2D eigenvalue weighted by atomic mass is 79.9. The van der Waals surface area contributed by atoms with Crippen LogP contribution in [0, 0.1) is 0 Å². The third-order valence-electron chi connectivity index (χ3n) is 2.61. The van der Waals surface area contributed by atoms with Crippen molar-refractivity contribution in [3.63, 3.8) is 0 Å². The fraction of sp³-hybridized carbons (Fsp3) is 0.300. The topological polar surface area (TPSA) is 50.5 Å². The molecule has 3 rings (SSSR count). The van der Waals surface area contributed by atoms with Gasteiger partial charge >= 0.3 is 0 Å². The SMILES string of the molecule is O=C1CC(Br)CN1c1nc2cc(Br)ccn2n1. The van der Waals surface area contributed by atoms with Gasteiger partial charge in [0.2, 0.25) is 5.91 Å². The highest BCUT2D eigenvalue weighted by Gasteiger charge is 2.31. The normalized spacial score (nSPS) is 20.5. The maximum atomic E-state index is 11.7. The number of nitrogens with zero attached hydrogens (tertiary/aromatic N) is 4. The molecule has 1 amide bonds. The minimum absolute atomic E-state index is 0.0573. The van der Waals surface area contributed by atoms with Crippen LogP contribution in [0.25, 0.3) is 5.65 Å². The standard InChI is InChI=1S/C10H8Br2N4O/c11-6-1-2-16-8(3-6)13-10(14-16)15-5-7(12)4-9(15)17/h1-3,7H,4-5H2. The zero-order chi connectivity index (χ0) is 12.0. The van der Waals surface area contributed by atoms with Crippen molar-refractivity contribution >= 4 is 49.4 Å². The highest BCUT2D eigenvalue weighted by molar-refractivity contribution is 9.10. The zero-order valence-corrected chi connectivity index (χ0v) is 11.8. The molecule has 0 bridgehead atoms. The second kappa shape index (κ2) is 4.06. The Bertz CT molecular complexity index is 597. The molecule has 7 heteroatoms. The van der Waals surface area contributed by atoms with E-state index in [1.807, 2.05) is 18.3 Å². The summed E-state index contributed by atoms with van der Waals surface area (Å²) >= 11 is 6.82. The number of hydrogen-bond acceptors (Lipinski definition) is 3. The summed E-state index contributed by atoms with van der Waals surface area (Å²) in [6, 6.07) is 3.74. The van der Waals surface area contributed by atoms with Gasteiger partial charge in [-0.15, -0.1) is 5.10 Å². The average Bonchev–Trinajstić information content (AvgIpc) is 2.80. The molecular formula is C10H8Br2N4O. The average molecular weight is 360 g/mol. The first-order valence-electron chi connectivity index (χ1n) is 5.10. The van der Waals surface area contributed by atoms with Crippen LogP contribution in [0.4, 0.5) is 5.95 Å². The summed E-state index contributed by atoms with van der Waals surface area (Å²) < 4.78 is 2.60. The molecule has 0 N–H and O–H groups in total. The number of pyridine rings is 1.